The van der Waals surface area contributed by atoms with E-state index in [9.17, 15) is 4.79 Å². The topological polar surface area (TPSA) is 58.6 Å². The number of rotatable bonds is 6. The maximum atomic E-state index is 13.4. The number of anilines is 1. The Balaban J connectivity index is 1.45. The van der Waals surface area contributed by atoms with Gasteiger partial charge >= 0.3 is 0 Å². The number of hydrogen-bond acceptors (Lipinski definition) is 5. The molecule has 4 rings (SSSR count). The second kappa shape index (κ2) is 10.1. The van der Waals surface area contributed by atoms with E-state index in [-0.39, 0.29) is 5.92 Å². The number of carbonyl (C=O) groups is 1. The lowest BCUT2D eigenvalue weighted by atomic mass is 9.91. The summed E-state index contributed by atoms with van der Waals surface area (Å²) < 4.78 is 5.45. The Hall–Kier alpha value is -2.63. The largest absolute Gasteiger partial charge is 0.496 e. The summed E-state index contributed by atoms with van der Waals surface area (Å²) in [5.74, 6) is 2.01. The van der Waals surface area contributed by atoms with Crippen molar-refractivity contribution in [2.75, 3.05) is 31.6 Å². The van der Waals surface area contributed by atoms with Crippen molar-refractivity contribution >= 4 is 11.7 Å². The number of nitrogens with zero attached hydrogens (tertiary/aromatic N) is 4. The van der Waals surface area contributed by atoms with Crippen LogP contribution in [0.15, 0.2) is 36.4 Å². The van der Waals surface area contributed by atoms with Crippen LogP contribution in [0.3, 0.4) is 0 Å². The van der Waals surface area contributed by atoms with Crippen LogP contribution in [0.1, 0.15) is 51.9 Å². The van der Waals surface area contributed by atoms with Crippen molar-refractivity contribution in [2.24, 2.45) is 5.92 Å². The third-order valence-corrected chi connectivity index (χ3v) is 6.77. The zero-order valence-electron chi connectivity index (χ0n) is 18.8. The van der Waals surface area contributed by atoms with Crippen LogP contribution >= 0.6 is 0 Å². The minimum atomic E-state index is 0.0475. The smallest absolute Gasteiger partial charge is 0.227 e. The molecule has 2 heterocycles. The van der Waals surface area contributed by atoms with Crippen molar-refractivity contribution in [3.63, 3.8) is 0 Å². The number of carbonyl (C=O) groups excluding carboxylic acids is 1. The number of para-hydroxylation sites is 1. The van der Waals surface area contributed by atoms with Crippen molar-refractivity contribution < 1.29 is 9.53 Å². The molecule has 1 unspecified atom stereocenters. The number of benzene rings is 1. The van der Waals surface area contributed by atoms with Crippen molar-refractivity contribution in [3.05, 3.63) is 36.4 Å². The first kappa shape index (κ1) is 21.6. The molecule has 1 saturated heterocycles. The molecule has 1 amide bonds. The Morgan fingerprint density at radius 3 is 2.58 bits per heavy atom. The molecule has 1 aliphatic carbocycles. The maximum absolute atomic E-state index is 13.4. The number of methoxy groups -OCH3 is 1. The third-order valence-electron chi connectivity index (χ3n) is 6.77. The molecular weight excluding hydrogens is 388 g/mol. The van der Waals surface area contributed by atoms with Gasteiger partial charge < -0.3 is 14.5 Å². The molecule has 6 nitrogen and oxygen atoms in total. The van der Waals surface area contributed by atoms with Gasteiger partial charge in [-0.05, 0) is 56.9 Å². The highest BCUT2D eigenvalue weighted by molar-refractivity contribution is 5.80. The van der Waals surface area contributed by atoms with Crippen molar-refractivity contribution in [1.29, 1.82) is 0 Å². The molecule has 31 heavy (non-hydrogen) atoms. The van der Waals surface area contributed by atoms with E-state index in [0.29, 0.717) is 11.9 Å². The Morgan fingerprint density at radius 1 is 1.06 bits per heavy atom. The van der Waals surface area contributed by atoms with E-state index in [0.717, 1.165) is 68.1 Å². The maximum Gasteiger partial charge on any atom is 0.227 e. The van der Waals surface area contributed by atoms with Gasteiger partial charge in [-0.15, -0.1) is 10.2 Å². The summed E-state index contributed by atoms with van der Waals surface area (Å²) in [6.07, 6.45) is 8.10. The summed E-state index contributed by atoms with van der Waals surface area (Å²) in [6.45, 7) is 4.58. The Morgan fingerprint density at radius 2 is 1.87 bits per heavy atom. The van der Waals surface area contributed by atoms with Gasteiger partial charge in [0.1, 0.15) is 5.75 Å². The van der Waals surface area contributed by atoms with E-state index in [1.807, 2.05) is 36.4 Å². The molecule has 1 atom stereocenters. The fourth-order valence-corrected chi connectivity index (χ4v) is 5.10. The number of aromatic nitrogens is 2. The summed E-state index contributed by atoms with van der Waals surface area (Å²) in [5.41, 5.74) is 1.72. The second-order valence-electron chi connectivity index (χ2n) is 8.68. The van der Waals surface area contributed by atoms with Crippen LogP contribution < -0.4 is 9.64 Å². The molecule has 1 aromatic heterocycles. The van der Waals surface area contributed by atoms with Gasteiger partial charge in [0.25, 0.3) is 0 Å². The number of hydrogen-bond donors (Lipinski definition) is 0. The molecule has 0 N–H and O–H groups in total. The van der Waals surface area contributed by atoms with E-state index in [4.69, 9.17) is 4.74 Å². The second-order valence-corrected chi connectivity index (χ2v) is 8.68. The molecule has 2 fully saturated rings. The van der Waals surface area contributed by atoms with Gasteiger partial charge in [-0.2, -0.15) is 0 Å². The van der Waals surface area contributed by atoms with Crippen molar-refractivity contribution in [2.45, 2.75) is 57.9 Å². The first-order valence-corrected chi connectivity index (χ1v) is 11.7. The minimum Gasteiger partial charge on any atom is -0.496 e. The number of piperidine rings is 1. The van der Waals surface area contributed by atoms with Crippen LogP contribution in [0, 0.1) is 5.92 Å². The van der Waals surface area contributed by atoms with E-state index in [2.05, 4.69) is 26.9 Å². The first-order chi connectivity index (χ1) is 15.2. The molecule has 0 bridgehead atoms. The third kappa shape index (κ3) is 4.83. The van der Waals surface area contributed by atoms with Crippen LogP contribution in [-0.4, -0.2) is 53.8 Å². The average molecular weight is 423 g/mol. The summed E-state index contributed by atoms with van der Waals surface area (Å²) in [5, 5.41) is 8.96. The van der Waals surface area contributed by atoms with Crippen molar-refractivity contribution in [1.82, 2.24) is 15.1 Å². The molecule has 166 valence electrons. The highest BCUT2D eigenvalue weighted by Gasteiger charge is 2.33. The fraction of sp³-hybridized carbons (Fsp3) is 0.560. The minimum absolute atomic E-state index is 0.0475. The average Bonchev–Trinajstić information content (AvgIpc) is 2.85. The van der Waals surface area contributed by atoms with Gasteiger partial charge in [-0.25, -0.2) is 0 Å². The van der Waals surface area contributed by atoms with Gasteiger partial charge in [0.05, 0.1) is 18.7 Å². The molecule has 1 aromatic carbocycles. The van der Waals surface area contributed by atoms with Crippen LogP contribution in [0.5, 0.6) is 5.75 Å². The van der Waals surface area contributed by atoms with Gasteiger partial charge in [0.15, 0.2) is 5.82 Å². The summed E-state index contributed by atoms with van der Waals surface area (Å²) in [6, 6.07) is 12.3. The van der Waals surface area contributed by atoms with Crippen LogP contribution in [-0.2, 0) is 4.79 Å². The Labute approximate surface area is 185 Å². The quantitative estimate of drug-likeness (QED) is 0.684. The van der Waals surface area contributed by atoms with Gasteiger partial charge in [0.2, 0.25) is 5.91 Å². The lowest BCUT2D eigenvalue weighted by Crippen LogP contribution is -2.49. The summed E-state index contributed by atoms with van der Waals surface area (Å²) >= 11 is 0. The molecule has 1 saturated carbocycles. The predicted octanol–water partition coefficient (Wildman–Crippen LogP) is 4.55. The van der Waals surface area contributed by atoms with E-state index in [1.165, 1.54) is 19.3 Å². The highest BCUT2D eigenvalue weighted by Crippen LogP contribution is 2.30. The lowest BCUT2D eigenvalue weighted by molar-refractivity contribution is -0.138. The SMILES string of the molecule is CCN(C(=O)C1CCCN(c2ccc(-c3ccccc3OC)nn2)C1)C1CCCCC1. The zero-order chi connectivity index (χ0) is 21.6. The van der Waals surface area contributed by atoms with E-state index >= 15 is 0 Å². The van der Waals surface area contributed by atoms with Gasteiger partial charge in [-0.3, -0.25) is 4.79 Å². The monoisotopic (exact) mass is 422 g/mol. The Bertz CT molecular complexity index is 864. The normalized spacial score (nSPS) is 19.8. The Kier molecular flexibility index (Phi) is 7.05. The molecule has 6 heteroatoms. The standard InChI is InChI=1S/C25H34N4O2/c1-3-29(20-11-5-4-6-12-20)25(30)19-10-9-17-28(18-19)24-16-15-22(26-27-24)21-13-7-8-14-23(21)31-2/h7-8,13-16,19-20H,3-6,9-12,17-18H2,1-2H3. The van der Waals surface area contributed by atoms with Crippen molar-refractivity contribution in [3.8, 4) is 17.0 Å². The van der Waals surface area contributed by atoms with Crippen LogP contribution in [0.4, 0.5) is 5.82 Å². The lowest BCUT2D eigenvalue weighted by Gasteiger charge is -2.39. The van der Waals surface area contributed by atoms with Crippen LogP contribution in [0.2, 0.25) is 0 Å². The molecule has 2 aromatic rings. The highest BCUT2D eigenvalue weighted by atomic mass is 16.5. The number of ether oxygens (including phenoxy) is 1. The number of amides is 1. The van der Waals surface area contributed by atoms with Gasteiger partial charge in [0, 0.05) is 31.2 Å². The van der Waals surface area contributed by atoms with E-state index in [1.54, 1.807) is 7.11 Å². The zero-order valence-corrected chi connectivity index (χ0v) is 18.8. The summed E-state index contributed by atoms with van der Waals surface area (Å²) in [7, 11) is 1.67. The predicted molar refractivity (Wildman–Crippen MR) is 123 cm³/mol. The molecule has 0 radical (unpaired) electrons. The van der Waals surface area contributed by atoms with Crippen LogP contribution in [0.25, 0.3) is 11.3 Å². The fourth-order valence-electron chi connectivity index (χ4n) is 5.10. The molecule has 1 aliphatic heterocycles. The van der Waals surface area contributed by atoms with E-state index < -0.39 is 0 Å². The summed E-state index contributed by atoms with van der Waals surface area (Å²) in [4.78, 5) is 17.7. The van der Waals surface area contributed by atoms with Gasteiger partial charge in [-0.1, -0.05) is 31.4 Å². The molecular formula is C25H34N4O2. The molecule has 0 spiro atoms. The molecule has 2 aliphatic rings. The first-order valence-electron chi connectivity index (χ1n) is 11.7.